The molecule has 2 aromatic rings. The first-order valence-corrected chi connectivity index (χ1v) is 10.1. The van der Waals surface area contributed by atoms with Gasteiger partial charge in [0.15, 0.2) is 0 Å². The summed E-state index contributed by atoms with van der Waals surface area (Å²) in [6, 6.07) is 15.3. The summed E-state index contributed by atoms with van der Waals surface area (Å²) in [5.74, 6) is -0.174. The highest BCUT2D eigenvalue weighted by atomic mass is 35.5. The molecular formula is C22H27Cl2N3O. The van der Waals surface area contributed by atoms with E-state index in [-0.39, 0.29) is 18.3 Å². The van der Waals surface area contributed by atoms with Gasteiger partial charge in [-0.1, -0.05) is 35.9 Å². The summed E-state index contributed by atoms with van der Waals surface area (Å²) in [4.78, 5) is 15.0. The maximum absolute atomic E-state index is 12.5. The van der Waals surface area contributed by atoms with Gasteiger partial charge in [-0.2, -0.15) is 0 Å². The Kier molecular flexibility index (Phi) is 7.00. The Balaban J connectivity index is 0.00000225. The van der Waals surface area contributed by atoms with Crippen molar-refractivity contribution in [3.05, 3.63) is 64.7 Å². The van der Waals surface area contributed by atoms with Crippen LogP contribution in [0.1, 0.15) is 35.2 Å². The molecule has 1 spiro atoms. The van der Waals surface area contributed by atoms with E-state index in [0.717, 1.165) is 31.9 Å². The van der Waals surface area contributed by atoms with Gasteiger partial charge >= 0.3 is 0 Å². The standard InChI is InChI=1S/C22H26ClN3O.ClH/c23-20-7-2-1-6-19(20)21(27)25-18-5-3-4-17(14-18)15-26-13-10-22(16-26)8-11-24-12-9-22;/h1-7,14,24H,8-13,15-16H2,(H,25,27);1H. The molecule has 2 heterocycles. The Morgan fingerprint density at radius 2 is 1.89 bits per heavy atom. The molecule has 2 saturated heterocycles. The zero-order chi connectivity index (χ0) is 18.7. The van der Waals surface area contributed by atoms with E-state index in [9.17, 15) is 4.79 Å². The minimum Gasteiger partial charge on any atom is -0.322 e. The van der Waals surface area contributed by atoms with Crippen LogP contribution >= 0.6 is 24.0 Å². The van der Waals surface area contributed by atoms with Crippen LogP contribution in [0.3, 0.4) is 0 Å². The van der Waals surface area contributed by atoms with Crippen LogP contribution in [0.4, 0.5) is 5.69 Å². The van der Waals surface area contributed by atoms with Gasteiger partial charge in [-0.25, -0.2) is 0 Å². The fraction of sp³-hybridized carbons (Fsp3) is 0.409. The lowest BCUT2D eigenvalue weighted by molar-refractivity contribution is 0.102. The number of hydrogen-bond acceptors (Lipinski definition) is 3. The first kappa shape index (κ1) is 21.1. The molecule has 4 rings (SSSR count). The molecule has 2 aliphatic heterocycles. The molecule has 0 bridgehead atoms. The molecule has 0 aliphatic carbocycles. The molecule has 1 amide bonds. The van der Waals surface area contributed by atoms with Crippen molar-refractivity contribution in [2.24, 2.45) is 5.41 Å². The Labute approximate surface area is 178 Å². The Bertz CT molecular complexity index is 821. The van der Waals surface area contributed by atoms with E-state index < -0.39 is 0 Å². The molecule has 150 valence electrons. The number of halogens is 2. The summed E-state index contributed by atoms with van der Waals surface area (Å²) in [6.45, 7) is 5.58. The molecule has 2 aromatic carbocycles. The number of likely N-dealkylation sites (tertiary alicyclic amines) is 1. The second-order valence-electron chi connectivity index (χ2n) is 7.85. The minimum absolute atomic E-state index is 0. The fourth-order valence-electron chi connectivity index (χ4n) is 4.38. The van der Waals surface area contributed by atoms with Crippen LogP contribution < -0.4 is 10.6 Å². The molecule has 0 atom stereocenters. The van der Waals surface area contributed by atoms with Crippen LogP contribution in [0.25, 0.3) is 0 Å². The third-order valence-corrected chi connectivity index (χ3v) is 6.22. The summed E-state index contributed by atoms with van der Waals surface area (Å²) in [7, 11) is 0. The number of anilines is 1. The lowest BCUT2D eigenvalue weighted by atomic mass is 9.78. The number of carbonyl (C=O) groups excluding carboxylic acids is 1. The molecule has 0 unspecified atom stereocenters. The van der Waals surface area contributed by atoms with Crippen molar-refractivity contribution in [1.29, 1.82) is 0 Å². The number of nitrogens with one attached hydrogen (secondary N) is 2. The fourth-order valence-corrected chi connectivity index (χ4v) is 4.60. The van der Waals surface area contributed by atoms with Crippen molar-refractivity contribution in [3.8, 4) is 0 Å². The van der Waals surface area contributed by atoms with Gasteiger partial charge in [-0.15, -0.1) is 12.4 Å². The molecule has 4 nitrogen and oxygen atoms in total. The molecule has 0 saturated carbocycles. The van der Waals surface area contributed by atoms with Gasteiger partial charge in [0.1, 0.15) is 0 Å². The van der Waals surface area contributed by atoms with Crippen molar-refractivity contribution in [3.63, 3.8) is 0 Å². The molecule has 2 fully saturated rings. The monoisotopic (exact) mass is 419 g/mol. The van der Waals surface area contributed by atoms with Crippen LogP contribution in [0.15, 0.2) is 48.5 Å². The van der Waals surface area contributed by atoms with Gasteiger partial charge in [0, 0.05) is 18.8 Å². The Hall–Kier alpha value is -1.59. The van der Waals surface area contributed by atoms with Crippen LogP contribution in [-0.4, -0.2) is 37.0 Å². The average Bonchev–Trinajstić information content (AvgIpc) is 3.04. The number of amides is 1. The number of hydrogen-bond donors (Lipinski definition) is 2. The third kappa shape index (κ3) is 4.87. The quantitative estimate of drug-likeness (QED) is 0.761. The lowest BCUT2D eigenvalue weighted by Crippen LogP contribution is -2.38. The van der Waals surface area contributed by atoms with E-state index in [2.05, 4.69) is 27.7 Å². The van der Waals surface area contributed by atoms with Crippen molar-refractivity contribution >= 4 is 35.6 Å². The van der Waals surface area contributed by atoms with Gasteiger partial charge in [-0.3, -0.25) is 9.69 Å². The average molecular weight is 420 g/mol. The first-order valence-electron chi connectivity index (χ1n) is 9.72. The maximum atomic E-state index is 12.5. The Morgan fingerprint density at radius 1 is 1.11 bits per heavy atom. The van der Waals surface area contributed by atoms with Gasteiger partial charge in [-0.05, 0) is 74.1 Å². The minimum atomic E-state index is -0.174. The predicted molar refractivity (Wildman–Crippen MR) is 118 cm³/mol. The van der Waals surface area contributed by atoms with Crippen LogP contribution in [-0.2, 0) is 6.54 Å². The van der Waals surface area contributed by atoms with E-state index in [1.165, 1.54) is 31.4 Å². The number of benzene rings is 2. The second-order valence-corrected chi connectivity index (χ2v) is 8.25. The zero-order valence-corrected chi connectivity index (χ0v) is 17.5. The third-order valence-electron chi connectivity index (χ3n) is 5.89. The van der Waals surface area contributed by atoms with Crippen molar-refractivity contribution in [1.82, 2.24) is 10.2 Å². The lowest BCUT2D eigenvalue weighted by Gasteiger charge is -2.34. The van der Waals surface area contributed by atoms with Crippen LogP contribution in [0, 0.1) is 5.41 Å². The maximum Gasteiger partial charge on any atom is 0.257 e. The molecule has 6 heteroatoms. The number of rotatable bonds is 4. The summed E-state index contributed by atoms with van der Waals surface area (Å²) >= 11 is 6.13. The van der Waals surface area contributed by atoms with Gasteiger partial charge in [0.2, 0.25) is 0 Å². The van der Waals surface area contributed by atoms with E-state index in [0.29, 0.717) is 16.0 Å². The number of carbonyl (C=O) groups is 1. The predicted octanol–water partition coefficient (Wildman–Crippen LogP) is 4.59. The van der Waals surface area contributed by atoms with Crippen molar-refractivity contribution in [2.45, 2.75) is 25.8 Å². The topological polar surface area (TPSA) is 44.4 Å². The van der Waals surface area contributed by atoms with Gasteiger partial charge < -0.3 is 10.6 Å². The summed E-state index contributed by atoms with van der Waals surface area (Å²) in [5, 5.41) is 6.91. The zero-order valence-electron chi connectivity index (χ0n) is 15.9. The highest BCUT2D eigenvalue weighted by Gasteiger charge is 2.38. The second kappa shape index (κ2) is 9.27. The largest absolute Gasteiger partial charge is 0.322 e. The highest BCUT2D eigenvalue weighted by Crippen LogP contribution is 2.39. The van der Waals surface area contributed by atoms with Gasteiger partial charge in [0.25, 0.3) is 5.91 Å². The number of piperidine rings is 1. The van der Waals surface area contributed by atoms with Gasteiger partial charge in [0.05, 0.1) is 10.6 Å². The summed E-state index contributed by atoms with van der Waals surface area (Å²) in [6.07, 6.45) is 3.88. The molecular weight excluding hydrogens is 393 g/mol. The summed E-state index contributed by atoms with van der Waals surface area (Å²) < 4.78 is 0. The van der Waals surface area contributed by atoms with E-state index >= 15 is 0 Å². The van der Waals surface area contributed by atoms with Crippen LogP contribution in [0.5, 0.6) is 0 Å². The van der Waals surface area contributed by atoms with E-state index in [1.807, 2.05) is 24.3 Å². The van der Waals surface area contributed by atoms with Crippen molar-refractivity contribution < 1.29 is 4.79 Å². The smallest absolute Gasteiger partial charge is 0.257 e. The Morgan fingerprint density at radius 3 is 2.68 bits per heavy atom. The normalized spacial score (nSPS) is 18.6. The summed E-state index contributed by atoms with van der Waals surface area (Å²) in [5.41, 5.74) is 3.06. The van der Waals surface area contributed by atoms with Crippen molar-refractivity contribution in [2.75, 3.05) is 31.5 Å². The van der Waals surface area contributed by atoms with E-state index in [4.69, 9.17) is 11.6 Å². The molecule has 0 aromatic heterocycles. The molecule has 0 radical (unpaired) electrons. The first-order chi connectivity index (χ1) is 13.1. The number of nitrogens with zero attached hydrogens (tertiary/aromatic N) is 1. The molecule has 2 aliphatic rings. The van der Waals surface area contributed by atoms with Crippen LogP contribution in [0.2, 0.25) is 5.02 Å². The van der Waals surface area contributed by atoms with E-state index in [1.54, 1.807) is 12.1 Å². The SMILES string of the molecule is Cl.O=C(Nc1cccc(CN2CCC3(CCNCC3)C2)c1)c1ccccc1Cl. The molecule has 28 heavy (non-hydrogen) atoms. The molecule has 2 N–H and O–H groups in total. The highest BCUT2D eigenvalue weighted by molar-refractivity contribution is 6.34.